The van der Waals surface area contributed by atoms with Gasteiger partial charge in [-0.3, -0.25) is 9.59 Å². The number of Topliss-reactive ketones (excluding diaryl/α,β-unsaturated/α-hetero) is 1. The Morgan fingerprint density at radius 1 is 0.949 bits per heavy atom. The number of carbonyl (C=O) groups is 2. The Kier molecular flexibility index (Phi) is 6.27. The number of carbonyl (C=O) groups excluding carboxylic acids is 2. The molecule has 3 aromatic carbocycles. The maximum absolute atomic E-state index is 14.1. The Bertz CT molecular complexity index is 1700. The number of aldehydes is 1. The number of rotatable bonds is 6. The number of pyridine rings is 1. The summed E-state index contributed by atoms with van der Waals surface area (Å²) in [5.41, 5.74) is 8.71. The summed E-state index contributed by atoms with van der Waals surface area (Å²) in [6.45, 7) is 6.13. The average Bonchev–Trinajstić information content (AvgIpc) is 3.30. The summed E-state index contributed by atoms with van der Waals surface area (Å²) in [5, 5.41) is 3.64. The van der Waals surface area contributed by atoms with Crippen molar-refractivity contribution in [2.45, 2.75) is 39.3 Å². The molecule has 0 saturated heterocycles. The summed E-state index contributed by atoms with van der Waals surface area (Å²) in [5.74, 6) is 0.533. The highest BCUT2D eigenvalue weighted by molar-refractivity contribution is 6.02. The van der Waals surface area contributed by atoms with E-state index in [4.69, 9.17) is 4.74 Å². The predicted octanol–water partition coefficient (Wildman–Crippen LogP) is 7.40. The van der Waals surface area contributed by atoms with Crippen molar-refractivity contribution in [1.29, 1.82) is 0 Å². The van der Waals surface area contributed by atoms with Gasteiger partial charge in [0.1, 0.15) is 5.75 Å². The maximum Gasteiger partial charge on any atom is 0.205 e. The zero-order chi connectivity index (χ0) is 27.1. The number of aryl methyl sites for hydroxylation is 3. The van der Waals surface area contributed by atoms with Gasteiger partial charge in [0.15, 0.2) is 12.4 Å². The van der Waals surface area contributed by atoms with Gasteiger partial charge in [0.05, 0.1) is 22.9 Å². The molecule has 5 aromatic rings. The van der Waals surface area contributed by atoms with E-state index in [0.29, 0.717) is 17.0 Å². The molecule has 39 heavy (non-hydrogen) atoms. The number of nitrogens with zero attached hydrogens (tertiary/aromatic N) is 1. The molecule has 0 amide bonds. The molecular weight excluding hydrogens is 484 g/mol. The summed E-state index contributed by atoms with van der Waals surface area (Å²) >= 11 is 0. The number of ether oxygens (including phenoxy) is 1. The van der Waals surface area contributed by atoms with Crippen LogP contribution < -0.4 is 10.1 Å². The molecule has 5 nitrogen and oxygen atoms in total. The normalized spacial score (nSPS) is 16.3. The maximum atomic E-state index is 14.1. The molecule has 6 rings (SSSR count). The number of hydrogen-bond acceptors (Lipinski definition) is 4. The van der Waals surface area contributed by atoms with E-state index < -0.39 is 12.1 Å². The van der Waals surface area contributed by atoms with Crippen molar-refractivity contribution in [3.63, 3.8) is 0 Å². The van der Waals surface area contributed by atoms with Crippen molar-refractivity contribution >= 4 is 23.3 Å². The molecule has 3 heterocycles. The van der Waals surface area contributed by atoms with Crippen LogP contribution in [0, 0.1) is 13.8 Å². The van der Waals surface area contributed by atoms with Gasteiger partial charge in [-0.05, 0) is 61.2 Å². The van der Waals surface area contributed by atoms with Gasteiger partial charge in [0.2, 0.25) is 5.78 Å². The molecule has 0 bridgehead atoms. The number of fused-ring (bicyclic) bond motifs is 2. The fourth-order valence-electron chi connectivity index (χ4n) is 5.51. The molecule has 2 atom stereocenters. The molecule has 0 fully saturated rings. The molecule has 0 unspecified atom stereocenters. The zero-order valence-corrected chi connectivity index (χ0v) is 22.3. The lowest BCUT2D eigenvalue weighted by molar-refractivity contribution is 0.0746. The molecule has 1 aliphatic rings. The highest BCUT2D eigenvalue weighted by atomic mass is 16.5. The summed E-state index contributed by atoms with van der Waals surface area (Å²) in [4.78, 5) is 26.7. The minimum absolute atomic E-state index is 0.111. The molecule has 194 valence electrons. The number of hydrogen-bond donors (Lipinski definition) is 1. The third kappa shape index (κ3) is 4.30. The van der Waals surface area contributed by atoms with Gasteiger partial charge in [0.25, 0.3) is 0 Å². The first kappa shape index (κ1) is 24.7. The standard InChI is InChI=1S/C34H30N2O3/c1-4-23-11-15-25(16-12-23)33(38)34-32(35-26-17-10-22(3)19-29(26)39-34)31-27-7-5-6-18-36(27)28(20-37)30(31)24-13-8-21(2)9-14-24/h5-20,32,34-35H,4H2,1-3H3/t32-,34+/m0/s1. The molecule has 2 aromatic heterocycles. The van der Waals surface area contributed by atoms with E-state index in [1.54, 1.807) is 0 Å². The molecule has 0 spiro atoms. The molecular formula is C34H30N2O3. The van der Waals surface area contributed by atoms with E-state index in [2.05, 4.69) is 12.2 Å². The highest BCUT2D eigenvalue weighted by Gasteiger charge is 2.40. The van der Waals surface area contributed by atoms with Gasteiger partial charge >= 0.3 is 0 Å². The molecule has 1 N–H and O–H groups in total. The average molecular weight is 515 g/mol. The second-order valence-electron chi connectivity index (χ2n) is 10.2. The third-order valence-corrected chi connectivity index (χ3v) is 7.59. The van der Waals surface area contributed by atoms with Crippen molar-refractivity contribution < 1.29 is 14.3 Å². The predicted molar refractivity (Wildman–Crippen MR) is 155 cm³/mol. The summed E-state index contributed by atoms with van der Waals surface area (Å²) in [6, 6.07) is 27.1. The van der Waals surface area contributed by atoms with Gasteiger partial charge in [-0.2, -0.15) is 0 Å². The first-order valence-electron chi connectivity index (χ1n) is 13.3. The first-order valence-corrected chi connectivity index (χ1v) is 13.3. The second-order valence-corrected chi connectivity index (χ2v) is 10.2. The molecule has 0 radical (unpaired) electrons. The highest BCUT2D eigenvalue weighted by Crippen LogP contribution is 2.45. The molecule has 0 aliphatic carbocycles. The summed E-state index contributed by atoms with van der Waals surface area (Å²) in [7, 11) is 0. The SMILES string of the molecule is CCc1ccc(C(=O)[C@@H]2Oc3cc(C)ccc3N[C@H]2c2c(-c3ccc(C)cc3)c(C=O)n3ccccc23)cc1. The van der Waals surface area contributed by atoms with Crippen LogP contribution in [0.2, 0.25) is 0 Å². The van der Waals surface area contributed by atoms with Crippen LogP contribution >= 0.6 is 0 Å². The van der Waals surface area contributed by atoms with E-state index in [9.17, 15) is 9.59 Å². The topological polar surface area (TPSA) is 59.8 Å². The first-order chi connectivity index (χ1) is 19.0. The number of nitrogens with one attached hydrogen (secondary N) is 1. The number of anilines is 1. The summed E-state index contributed by atoms with van der Waals surface area (Å²) < 4.78 is 8.45. The fourth-order valence-corrected chi connectivity index (χ4v) is 5.51. The van der Waals surface area contributed by atoms with Crippen LogP contribution in [0.1, 0.15) is 56.1 Å². The van der Waals surface area contributed by atoms with Crippen LogP contribution in [0.4, 0.5) is 5.69 Å². The summed E-state index contributed by atoms with van der Waals surface area (Å²) in [6.07, 6.45) is 2.84. The van der Waals surface area contributed by atoms with Crippen LogP contribution in [0.5, 0.6) is 5.75 Å². The third-order valence-electron chi connectivity index (χ3n) is 7.59. The van der Waals surface area contributed by atoms with E-state index in [0.717, 1.165) is 51.7 Å². The quantitative estimate of drug-likeness (QED) is 0.190. The van der Waals surface area contributed by atoms with Crippen molar-refractivity contribution in [3.8, 4) is 16.9 Å². The molecule has 1 aliphatic heterocycles. The Morgan fingerprint density at radius 2 is 1.69 bits per heavy atom. The molecule has 5 heteroatoms. The van der Waals surface area contributed by atoms with Crippen LogP contribution in [-0.4, -0.2) is 22.6 Å². The number of ketones is 1. The van der Waals surface area contributed by atoms with Crippen LogP contribution in [0.15, 0.2) is 91.1 Å². The van der Waals surface area contributed by atoms with Gasteiger partial charge in [-0.15, -0.1) is 0 Å². The molecule has 0 saturated carbocycles. The van der Waals surface area contributed by atoms with Gasteiger partial charge < -0.3 is 14.5 Å². The Balaban J connectivity index is 1.59. The van der Waals surface area contributed by atoms with E-state index in [1.165, 1.54) is 5.56 Å². The smallest absolute Gasteiger partial charge is 0.205 e. The Labute approximate surface area is 228 Å². The van der Waals surface area contributed by atoms with Crippen LogP contribution in [0.25, 0.3) is 16.6 Å². The monoisotopic (exact) mass is 514 g/mol. The largest absolute Gasteiger partial charge is 0.478 e. The Hall–Kier alpha value is -4.64. The Morgan fingerprint density at radius 3 is 2.41 bits per heavy atom. The van der Waals surface area contributed by atoms with Gasteiger partial charge in [0, 0.05) is 22.9 Å². The lowest BCUT2D eigenvalue weighted by atomic mass is 9.88. The minimum Gasteiger partial charge on any atom is -0.478 e. The lowest BCUT2D eigenvalue weighted by Gasteiger charge is -2.35. The number of benzene rings is 3. The van der Waals surface area contributed by atoms with Crippen molar-refractivity contribution in [2.75, 3.05) is 5.32 Å². The van der Waals surface area contributed by atoms with Crippen molar-refractivity contribution in [2.24, 2.45) is 0 Å². The zero-order valence-electron chi connectivity index (χ0n) is 22.3. The van der Waals surface area contributed by atoms with E-state index >= 15 is 0 Å². The van der Waals surface area contributed by atoms with Crippen LogP contribution in [0.3, 0.4) is 0 Å². The number of aromatic nitrogens is 1. The van der Waals surface area contributed by atoms with Gasteiger partial charge in [-0.25, -0.2) is 0 Å². The van der Waals surface area contributed by atoms with Crippen molar-refractivity contribution in [1.82, 2.24) is 4.40 Å². The fraction of sp³-hybridized carbons (Fsp3) is 0.176. The second kappa shape index (κ2) is 9.91. The van der Waals surface area contributed by atoms with Crippen molar-refractivity contribution in [3.05, 3.63) is 125 Å². The van der Waals surface area contributed by atoms with Crippen LogP contribution in [-0.2, 0) is 6.42 Å². The van der Waals surface area contributed by atoms with E-state index in [-0.39, 0.29) is 5.78 Å². The minimum atomic E-state index is -0.845. The van der Waals surface area contributed by atoms with Gasteiger partial charge in [-0.1, -0.05) is 73.2 Å². The lowest BCUT2D eigenvalue weighted by Crippen LogP contribution is -2.41. The van der Waals surface area contributed by atoms with E-state index in [1.807, 2.05) is 109 Å².